The lowest BCUT2D eigenvalue weighted by Gasteiger charge is -2.10. The van der Waals surface area contributed by atoms with Crippen molar-refractivity contribution in [3.8, 4) is 0 Å². The molecule has 2 heterocycles. The van der Waals surface area contributed by atoms with Crippen molar-refractivity contribution in [2.45, 2.75) is 20.4 Å². The largest absolute Gasteiger partial charge is 0.477 e. The van der Waals surface area contributed by atoms with Crippen LogP contribution in [0.15, 0.2) is 29.3 Å². The van der Waals surface area contributed by atoms with E-state index in [1.54, 1.807) is 38.4 Å². The summed E-state index contributed by atoms with van der Waals surface area (Å²) >= 11 is 0. The lowest BCUT2D eigenvalue weighted by atomic mass is 10.1. The van der Waals surface area contributed by atoms with Gasteiger partial charge in [0.25, 0.3) is 5.56 Å². The van der Waals surface area contributed by atoms with E-state index in [9.17, 15) is 9.59 Å². The van der Waals surface area contributed by atoms with Gasteiger partial charge in [-0.25, -0.2) is 9.48 Å². The predicted molar refractivity (Wildman–Crippen MR) is 68.3 cm³/mol. The monoisotopic (exact) mass is 259 g/mol. The van der Waals surface area contributed by atoms with Crippen molar-refractivity contribution in [3.05, 3.63) is 57.3 Å². The summed E-state index contributed by atoms with van der Waals surface area (Å²) in [6.07, 6.45) is 3.22. The van der Waals surface area contributed by atoms with Crippen LogP contribution in [0.4, 0.5) is 0 Å². The fraction of sp³-hybridized carbons (Fsp3) is 0.231. The van der Waals surface area contributed by atoms with E-state index in [4.69, 9.17) is 5.11 Å². The van der Waals surface area contributed by atoms with Gasteiger partial charge in [0.15, 0.2) is 0 Å². The molecule has 0 aliphatic carbocycles. The number of carbonyl (C=O) groups is 1. The Morgan fingerprint density at radius 3 is 2.53 bits per heavy atom. The van der Waals surface area contributed by atoms with Gasteiger partial charge in [0, 0.05) is 12.4 Å². The van der Waals surface area contributed by atoms with Gasteiger partial charge >= 0.3 is 5.97 Å². The summed E-state index contributed by atoms with van der Waals surface area (Å²) in [5, 5.41) is 13.2. The molecule has 0 unspecified atom stereocenters. The Balaban J connectivity index is 2.54. The number of hydrogen-bond acceptors (Lipinski definition) is 4. The number of pyridine rings is 1. The third-order valence-corrected chi connectivity index (χ3v) is 2.93. The molecule has 0 aliphatic heterocycles. The van der Waals surface area contributed by atoms with Crippen molar-refractivity contribution < 1.29 is 9.90 Å². The Bertz CT molecular complexity index is 678. The topological polar surface area (TPSA) is 85.1 Å². The number of aromatic nitrogens is 3. The molecule has 0 bridgehead atoms. The molecule has 98 valence electrons. The highest BCUT2D eigenvalue weighted by Crippen LogP contribution is 2.07. The zero-order valence-corrected chi connectivity index (χ0v) is 10.6. The first kappa shape index (κ1) is 12.9. The maximum absolute atomic E-state index is 12.1. The standard InChI is InChI=1S/C13H13N3O3/c1-8-9(2)15-16(12(17)11(8)13(18)19)7-10-3-5-14-6-4-10/h3-6H,7H2,1-2H3,(H,18,19). The maximum atomic E-state index is 12.1. The first-order valence-electron chi connectivity index (χ1n) is 5.71. The van der Waals surface area contributed by atoms with Crippen LogP contribution in [0, 0.1) is 13.8 Å². The number of aryl methyl sites for hydroxylation is 1. The molecule has 0 aromatic carbocycles. The molecule has 2 aromatic rings. The van der Waals surface area contributed by atoms with Crippen LogP contribution < -0.4 is 5.56 Å². The minimum absolute atomic E-state index is 0.221. The minimum Gasteiger partial charge on any atom is -0.477 e. The fourth-order valence-corrected chi connectivity index (χ4v) is 1.79. The van der Waals surface area contributed by atoms with Crippen LogP contribution in [0.25, 0.3) is 0 Å². The number of rotatable bonds is 3. The second kappa shape index (κ2) is 5.01. The van der Waals surface area contributed by atoms with Crippen LogP contribution in [0.2, 0.25) is 0 Å². The molecule has 0 radical (unpaired) electrons. The molecule has 19 heavy (non-hydrogen) atoms. The normalized spacial score (nSPS) is 10.4. The van der Waals surface area contributed by atoms with Gasteiger partial charge in [0.2, 0.25) is 0 Å². The Hall–Kier alpha value is -2.50. The van der Waals surface area contributed by atoms with Gasteiger partial charge in [0.1, 0.15) is 5.56 Å². The number of carboxylic acids is 1. The third kappa shape index (κ3) is 2.52. The molecule has 0 aliphatic rings. The average molecular weight is 259 g/mol. The lowest BCUT2D eigenvalue weighted by molar-refractivity contribution is 0.0692. The molecule has 0 saturated heterocycles. The Morgan fingerprint density at radius 1 is 1.32 bits per heavy atom. The highest BCUT2D eigenvalue weighted by atomic mass is 16.4. The molecule has 1 N–H and O–H groups in total. The minimum atomic E-state index is -1.23. The van der Waals surface area contributed by atoms with E-state index in [0.29, 0.717) is 11.3 Å². The van der Waals surface area contributed by atoms with Gasteiger partial charge in [-0.3, -0.25) is 9.78 Å². The zero-order valence-electron chi connectivity index (χ0n) is 10.6. The number of hydrogen-bond donors (Lipinski definition) is 1. The second-order valence-corrected chi connectivity index (χ2v) is 4.21. The van der Waals surface area contributed by atoms with Crippen LogP contribution in [0.1, 0.15) is 27.2 Å². The van der Waals surface area contributed by atoms with Crippen molar-refractivity contribution in [1.82, 2.24) is 14.8 Å². The van der Waals surface area contributed by atoms with Crippen LogP contribution in [-0.4, -0.2) is 25.8 Å². The molecule has 6 nitrogen and oxygen atoms in total. The molecular weight excluding hydrogens is 246 g/mol. The molecule has 2 rings (SSSR count). The van der Waals surface area contributed by atoms with Gasteiger partial charge in [0.05, 0.1) is 12.2 Å². The van der Waals surface area contributed by atoms with Gasteiger partial charge in [-0.05, 0) is 37.1 Å². The molecule has 0 atom stereocenters. The van der Waals surface area contributed by atoms with Gasteiger partial charge in [-0.15, -0.1) is 0 Å². The van der Waals surface area contributed by atoms with Gasteiger partial charge < -0.3 is 5.11 Å². The smallest absolute Gasteiger partial charge is 0.341 e. The maximum Gasteiger partial charge on any atom is 0.341 e. The summed E-state index contributed by atoms with van der Waals surface area (Å²) in [5.41, 5.74) is 0.965. The van der Waals surface area contributed by atoms with E-state index in [1.165, 1.54) is 4.68 Å². The first-order chi connectivity index (χ1) is 9.00. The average Bonchev–Trinajstić information content (AvgIpc) is 2.37. The van der Waals surface area contributed by atoms with Crippen LogP contribution in [-0.2, 0) is 6.54 Å². The van der Waals surface area contributed by atoms with E-state index >= 15 is 0 Å². The lowest BCUT2D eigenvalue weighted by Crippen LogP contribution is -2.31. The third-order valence-electron chi connectivity index (χ3n) is 2.93. The first-order valence-corrected chi connectivity index (χ1v) is 5.71. The molecule has 0 spiro atoms. The molecule has 2 aromatic heterocycles. The summed E-state index contributed by atoms with van der Waals surface area (Å²) in [6, 6.07) is 3.51. The van der Waals surface area contributed by atoms with Gasteiger partial charge in [-0.1, -0.05) is 0 Å². The highest BCUT2D eigenvalue weighted by molar-refractivity contribution is 5.88. The van der Waals surface area contributed by atoms with Crippen molar-refractivity contribution in [2.75, 3.05) is 0 Å². The molecular formula is C13H13N3O3. The van der Waals surface area contributed by atoms with Crippen molar-refractivity contribution in [2.24, 2.45) is 0 Å². The van der Waals surface area contributed by atoms with E-state index in [1.807, 2.05) is 0 Å². The predicted octanol–water partition coefficient (Wildman–Crippen LogP) is 1.00. The van der Waals surface area contributed by atoms with E-state index < -0.39 is 11.5 Å². The molecule has 6 heteroatoms. The summed E-state index contributed by atoms with van der Waals surface area (Å²) in [6.45, 7) is 3.50. The van der Waals surface area contributed by atoms with Crippen molar-refractivity contribution >= 4 is 5.97 Å². The quantitative estimate of drug-likeness (QED) is 0.888. The van der Waals surface area contributed by atoms with Gasteiger partial charge in [-0.2, -0.15) is 5.10 Å². The Morgan fingerprint density at radius 2 is 1.95 bits per heavy atom. The van der Waals surface area contributed by atoms with Crippen molar-refractivity contribution in [1.29, 1.82) is 0 Å². The van der Waals surface area contributed by atoms with E-state index in [0.717, 1.165) is 5.56 Å². The molecule has 0 saturated carbocycles. The SMILES string of the molecule is Cc1nn(Cc2ccncc2)c(=O)c(C(=O)O)c1C. The van der Waals surface area contributed by atoms with Crippen LogP contribution in [0.5, 0.6) is 0 Å². The second-order valence-electron chi connectivity index (χ2n) is 4.21. The fourth-order valence-electron chi connectivity index (χ4n) is 1.79. The number of aromatic carboxylic acids is 1. The molecule has 0 amide bonds. The summed E-state index contributed by atoms with van der Waals surface area (Å²) in [7, 11) is 0. The summed E-state index contributed by atoms with van der Waals surface area (Å²) in [4.78, 5) is 27.1. The summed E-state index contributed by atoms with van der Waals surface area (Å²) in [5.74, 6) is -1.23. The van der Waals surface area contributed by atoms with E-state index in [-0.39, 0.29) is 12.1 Å². The van der Waals surface area contributed by atoms with Crippen LogP contribution >= 0.6 is 0 Å². The summed E-state index contributed by atoms with van der Waals surface area (Å²) < 4.78 is 1.17. The van der Waals surface area contributed by atoms with Crippen molar-refractivity contribution in [3.63, 3.8) is 0 Å². The number of carboxylic acid groups (broad SMARTS) is 1. The van der Waals surface area contributed by atoms with Crippen LogP contribution in [0.3, 0.4) is 0 Å². The number of nitrogens with zero attached hydrogens (tertiary/aromatic N) is 3. The zero-order chi connectivity index (χ0) is 14.0. The Kier molecular flexibility index (Phi) is 3.41. The Labute approximate surface area is 109 Å². The molecule has 0 fully saturated rings. The van der Waals surface area contributed by atoms with E-state index in [2.05, 4.69) is 10.1 Å². The highest BCUT2D eigenvalue weighted by Gasteiger charge is 2.17.